The van der Waals surface area contributed by atoms with Gasteiger partial charge in [-0.3, -0.25) is 0 Å². The summed E-state index contributed by atoms with van der Waals surface area (Å²) in [5.74, 6) is -0.150. The number of phenols is 1. The van der Waals surface area contributed by atoms with E-state index in [0.29, 0.717) is 12.3 Å². The first-order chi connectivity index (χ1) is 13.6. The van der Waals surface area contributed by atoms with Gasteiger partial charge in [0.15, 0.2) is 0 Å². The second kappa shape index (κ2) is 9.17. The fraction of sp³-hybridized carbons (Fsp3) is 0.318. The zero-order valence-corrected chi connectivity index (χ0v) is 16.1. The van der Waals surface area contributed by atoms with E-state index in [2.05, 4.69) is 16.8 Å². The van der Waals surface area contributed by atoms with Crippen LogP contribution in [-0.4, -0.2) is 32.7 Å². The number of phenolic OH excluding ortho intramolecular Hbond substituents is 1. The lowest BCUT2D eigenvalue weighted by Gasteiger charge is -2.11. The Morgan fingerprint density at radius 2 is 1.82 bits per heavy atom. The quantitative estimate of drug-likeness (QED) is 0.341. The molecule has 0 spiro atoms. The summed E-state index contributed by atoms with van der Waals surface area (Å²) in [7, 11) is 0. The molecule has 28 heavy (non-hydrogen) atoms. The van der Waals surface area contributed by atoms with Gasteiger partial charge in [-0.15, -0.1) is 15.0 Å². The number of ether oxygens (including phenoxy) is 1. The number of carbonyl (C=O) groups excluding carboxylic acids is 1. The normalized spacial score (nSPS) is 10.9. The lowest BCUT2D eigenvalue weighted by molar-refractivity contribution is -0.137. The van der Waals surface area contributed by atoms with E-state index < -0.39 is 0 Å². The van der Waals surface area contributed by atoms with E-state index in [0.717, 1.165) is 54.3 Å². The molecular formula is C22H25N3O3. The Morgan fingerprint density at radius 1 is 1.14 bits per heavy atom. The first-order valence-corrected chi connectivity index (χ1v) is 9.52. The smallest absolute Gasteiger partial charge is 0.330 e. The molecule has 0 unspecified atom stereocenters. The van der Waals surface area contributed by atoms with Gasteiger partial charge in [0.1, 0.15) is 22.5 Å². The predicted molar refractivity (Wildman–Crippen MR) is 109 cm³/mol. The van der Waals surface area contributed by atoms with Gasteiger partial charge < -0.3 is 9.84 Å². The number of aromatic hydroxyl groups is 1. The zero-order valence-electron chi connectivity index (χ0n) is 16.1. The molecule has 0 fully saturated rings. The van der Waals surface area contributed by atoms with Crippen LogP contribution in [0.2, 0.25) is 0 Å². The first-order valence-electron chi connectivity index (χ1n) is 9.52. The van der Waals surface area contributed by atoms with Crippen molar-refractivity contribution >= 4 is 17.0 Å². The van der Waals surface area contributed by atoms with Gasteiger partial charge in [0.25, 0.3) is 0 Å². The number of unbranched alkanes of at least 4 members (excludes halogenated alkanes) is 3. The number of esters is 1. The summed E-state index contributed by atoms with van der Waals surface area (Å²) in [6.07, 6.45) is 5.69. The minimum atomic E-state index is -0.378. The number of hydrogen-bond acceptors (Lipinski definition) is 5. The summed E-state index contributed by atoms with van der Waals surface area (Å²) in [4.78, 5) is 12.5. The standard InChI is InChI=1S/C22H25N3O3/c1-3-21(26)28-13-9-5-4-6-10-17-14-16(2)15-20(22(17)27)25-23-18-11-7-8-12-19(18)24-25/h3,7-8,11-12,14-15,27H,1,4-6,9-10,13H2,2H3. The summed E-state index contributed by atoms with van der Waals surface area (Å²) in [5, 5.41) is 19.7. The Labute approximate surface area is 164 Å². The summed E-state index contributed by atoms with van der Waals surface area (Å²) >= 11 is 0. The van der Waals surface area contributed by atoms with E-state index in [1.165, 1.54) is 10.9 Å². The van der Waals surface area contributed by atoms with Crippen LogP contribution in [0.1, 0.15) is 36.8 Å². The lowest BCUT2D eigenvalue weighted by Crippen LogP contribution is -2.02. The number of hydrogen-bond donors (Lipinski definition) is 1. The van der Waals surface area contributed by atoms with Gasteiger partial charge in [-0.05, 0) is 55.5 Å². The van der Waals surface area contributed by atoms with Crippen molar-refractivity contribution in [1.29, 1.82) is 0 Å². The highest BCUT2D eigenvalue weighted by molar-refractivity contribution is 5.81. The lowest BCUT2D eigenvalue weighted by atomic mass is 10.0. The van der Waals surface area contributed by atoms with E-state index in [4.69, 9.17) is 4.74 Å². The summed E-state index contributed by atoms with van der Waals surface area (Å²) in [6.45, 7) is 5.79. The Kier molecular flexibility index (Phi) is 6.42. The largest absolute Gasteiger partial charge is 0.505 e. The van der Waals surface area contributed by atoms with Gasteiger partial charge in [0.05, 0.1) is 6.61 Å². The summed E-state index contributed by atoms with van der Waals surface area (Å²) in [6, 6.07) is 11.5. The van der Waals surface area contributed by atoms with Crippen LogP contribution < -0.4 is 0 Å². The highest BCUT2D eigenvalue weighted by Crippen LogP contribution is 2.29. The zero-order chi connectivity index (χ0) is 19.9. The molecule has 6 nitrogen and oxygen atoms in total. The van der Waals surface area contributed by atoms with E-state index in [-0.39, 0.29) is 11.7 Å². The number of rotatable bonds is 9. The molecule has 0 aliphatic carbocycles. The summed E-state index contributed by atoms with van der Waals surface area (Å²) < 4.78 is 4.97. The molecule has 0 saturated carbocycles. The molecule has 0 bridgehead atoms. The number of benzene rings is 2. The molecular weight excluding hydrogens is 354 g/mol. The minimum absolute atomic E-state index is 0.228. The Hall–Kier alpha value is -3.15. The van der Waals surface area contributed by atoms with Crippen molar-refractivity contribution in [2.45, 2.75) is 39.0 Å². The number of fused-ring (bicyclic) bond motifs is 1. The van der Waals surface area contributed by atoms with Gasteiger partial charge in [-0.2, -0.15) is 0 Å². The van der Waals surface area contributed by atoms with E-state index in [1.54, 1.807) is 0 Å². The van der Waals surface area contributed by atoms with Gasteiger partial charge in [-0.1, -0.05) is 37.6 Å². The van der Waals surface area contributed by atoms with Gasteiger partial charge in [0, 0.05) is 6.08 Å². The molecule has 3 rings (SSSR count). The van der Waals surface area contributed by atoms with Gasteiger partial charge >= 0.3 is 5.97 Å². The molecule has 6 heteroatoms. The fourth-order valence-electron chi connectivity index (χ4n) is 3.15. The second-order valence-corrected chi connectivity index (χ2v) is 6.81. The van der Waals surface area contributed by atoms with Crippen molar-refractivity contribution in [3.63, 3.8) is 0 Å². The Bertz CT molecular complexity index is 945. The highest BCUT2D eigenvalue weighted by Gasteiger charge is 2.13. The van der Waals surface area contributed by atoms with Crippen LogP contribution in [0.15, 0.2) is 49.1 Å². The monoisotopic (exact) mass is 379 g/mol. The number of nitrogens with zero attached hydrogens (tertiary/aromatic N) is 3. The average molecular weight is 379 g/mol. The SMILES string of the molecule is C=CC(=O)OCCCCCCc1cc(C)cc(-n2nc3ccccc3n2)c1O. The molecule has 146 valence electrons. The molecule has 3 aromatic rings. The highest BCUT2D eigenvalue weighted by atomic mass is 16.5. The topological polar surface area (TPSA) is 77.2 Å². The Balaban J connectivity index is 1.61. The van der Waals surface area contributed by atoms with E-state index in [9.17, 15) is 9.90 Å². The van der Waals surface area contributed by atoms with Crippen molar-refractivity contribution in [2.24, 2.45) is 0 Å². The maximum absolute atomic E-state index is 11.0. The van der Waals surface area contributed by atoms with Crippen LogP contribution in [0.25, 0.3) is 16.7 Å². The predicted octanol–water partition coefficient (Wildman–Crippen LogP) is 4.27. The van der Waals surface area contributed by atoms with Crippen molar-refractivity contribution < 1.29 is 14.6 Å². The molecule has 0 amide bonds. The van der Waals surface area contributed by atoms with E-state index in [1.807, 2.05) is 43.3 Å². The number of aromatic nitrogens is 3. The van der Waals surface area contributed by atoms with Gasteiger partial charge in [-0.25, -0.2) is 4.79 Å². The Morgan fingerprint density at radius 3 is 2.50 bits per heavy atom. The molecule has 0 aliphatic heterocycles. The van der Waals surface area contributed by atoms with Gasteiger partial charge in [0.2, 0.25) is 0 Å². The molecule has 2 aromatic carbocycles. The third-order valence-corrected chi connectivity index (χ3v) is 4.57. The van der Waals surface area contributed by atoms with Crippen molar-refractivity contribution in [3.8, 4) is 11.4 Å². The summed E-state index contributed by atoms with van der Waals surface area (Å²) in [5.41, 5.74) is 4.14. The van der Waals surface area contributed by atoms with Crippen molar-refractivity contribution in [3.05, 3.63) is 60.2 Å². The molecule has 0 aliphatic rings. The first kappa shape index (κ1) is 19.6. The van der Waals surface area contributed by atoms with E-state index >= 15 is 0 Å². The second-order valence-electron chi connectivity index (χ2n) is 6.81. The van der Waals surface area contributed by atoms with Crippen LogP contribution in [0.5, 0.6) is 5.75 Å². The van der Waals surface area contributed by atoms with Crippen LogP contribution in [0.4, 0.5) is 0 Å². The van der Waals surface area contributed by atoms with Crippen molar-refractivity contribution in [2.75, 3.05) is 6.61 Å². The molecule has 0 atom stereocenters. The van der Waals surface area contributed by atoms with Crippen LogP contribution in [0.3, 0.4) is 0 Å². The third kappa shape index (κ3) is 4.76. The van der Waals surface area contributed by atoms with Crippen LogP contribution >= 0.6 is 0 Å². The molecule has 0 radical (unpaired) electrons. The van der Waals surface area contributed by atoms with Crippen LogP contribution in [-0.2, 0) is 16.0 Å². The minimum Gasteiger partial charge on any atom is -0.505 e. The number of aryl methyl sites for hydroxylation is 2. The molecule has 1 heterocycles. The fourth-order valence-corrected chi connectivity index (χ4v) is 3.15. The van der Waals surface area contributed by atoms with Crippen molar-refractivity contribution in [1.82, 2.24) is 15.0 Å². The third-order valence-electron chi connectivity index (χ3n) is 4.57. The molecule has 1 aromatic heterocycles. The van der Waals surface area contributed by atoms with Crippen LogP contribution in [0, 0.1) is 6.92 Å². The molecule has 1 N–H and O–H groups in total. The maximum Gasteiger partial charge on any atom is 0.330 e. The molecule has 0 saturated heterocycles. The average Bonchev–Trinajstić information content (AvgIpc) is 3.13. The number of carbonyl (C=O) groups is 1. The maximum atomic E-state index is 11.0.